The van der Waals surface area contributed by atoms with Crippen molar-refractivity contribution in [1.29, 1.82) is 0 Å². The van der Waals surface area contributed by atoms with Crippen LogP contribution in [-0.4, -0.2) is 36.1 Å². The molecule has 0 aliphatic carbocycles. The SMILES string of the molecule is CC(=O)N1CC[C@@H](OC(C)C)C1. The minimum absolute atomic E-state index is 0.157. The number of likely N-dealkylation sites (tertiary alicyclic amines) is 1. The first-order valence-corrected chi connectivity index (χ1v) is 4.50. The van der Waals surface area contributed by atoms with Gasteiger partial charge < -0.3 is 9.64 Å². The maximum absolute atomic E-state index is 10.9. The Morgan fingerprint density at radius 2 is 2.25 bits per heavy atom. The highest BCUT2D eigenvalue weighted by molar-refractivity contribution is 5.73. The second-order valence-electron chi connectivity index (χ2n) is 3.56. The Morgan fingerprint density at radius 3 is 2.67 bits per heavy atom. The van der Waals surface area contributed by atoms with Crippen molar-refractivity contribution in [2.75, 3.05) is 13.1 Å². The predicted octanol–water partition coefficient (Wildman–Crippen LogP) is 1.03. The average Bonchev–Trinajstić information content (AvgIpc) is 2.34. The second kappa shape index (κ2) is 3.90. The van der Waals surface area contributed by atoms with Gasteiger partial charge in [0, 0.05) is 20.0 Å². The fourth-order valence-electron chi connectivity index (χ4n) is 1.51. The summed E-state index contributed by atoms with van der Waals surface area (Å²) in [4.78, 5) is 12.8. The third kappa shape index (κ3) is 2.48. The molecule has 0 aromatic heterocycles. The van der Waals surface area contributed by atoms with Crippen LogP contribution in [0.5, 0.6) is 0 Å². The van der Waals surface area contributed by atoms with E-state index in [4.69, 9.17) is 4.74 Å². The van der Waals surface area contributed by atoms with E-state index >= 15 is 0 Å². The molecule has 0 saturated carbocycles. The van der Waals surface area contributed by atoms with Crippen molar-refractivity contribution in [3.05, 3.63) is 0 Å². The second-order valence-corrected chi connectivity index (χ2v) is 3.56. The van der Waals surface area contributed by atoms with Gasteiger partial charge in [0.2, 0.25) is 5.91 Å². The van der Waals surface area contributed by atoms with Crippen LogP contribution < -0.4 is 0 Å². The maximum Gasteiger partial charge on any atom is 0.219 e. The lowest BCUT2D eigenvalue weighted by atomic mass is 10.3. The summed E-state index contributed by atoms with van der Waals surface area (Å²) < 4.78 is 5.60. The highest BCUT2D eigenvalue weighted by atomic mass is 16.5. The van der Waals surface area contributed by atoms with Crippen LogP contribution in [0.2, 0.25) is 0 Å². The summed E-state index contributed by atoms with van der Waals surface area (Å²) in [6.45, 7) is 7.28. The van der Waals surface area contributed by atoms with Crippen LogP contribution in [0, 0.1) is 0 Å². The molecule has 1 amide bonds. The van der Waals surface area contributed by atoms with Crippen LogP contribution in [0.1, 0.15) is 27.2 Å². The van der Waals surface area contributed by atoms with Crippen molar-refractivity contribution in [3.8, 4) is 0 Å². The van der Waals surface area contributed by atoms with Crippen LogP contribution >= 0.6 is 0 Å². The van der Waals surface area contributed by atoms with Gasteiger partial charge in [-0.2, -0.15) is 0 Å². The van der Waals surface area contributed by atoms with Crippen LogP contribution in [0.15, 0.2) is 0 Å². The highest BCUT2D eigenvalue weighted by Crippen LogP contribution is 2.13. The van der Waals surface area contributed by atoms with Crippen LogP contribution in [-0.2, 0) is 9.53 Å². The Labute approximate surface area is 73.7 Å². The fourth-order valence-corrected chi connectivity index (χ4v) is 1.51. The molecule has 0 unspecified atom stereocenters. The van der Waals surface area contributed by atoms with Gasteiger partial charge in [-0.05, 0) is 20.3 Å². The molecule has 1 aliphatic rings. The van der Waals surface area contributed by atoms with Crippen molar-refractivity contribution >= 4 is 5.91 Å². The number of carbonyl (C=O) groups excluding carboxylic acids is 1. The Bertz CT molecular complexity index is 168. The smallest absolute Gasteiger partial charge is 0.219 e. The van der Waals surface area contributed by atoms with Crippen molar-refractivity contribution in [2.24, 2.45) is 0 Å². The number of ether oxygens (including phenoxy) is 1. The molecule has 3 heteroatoms. The van der Waals surface area contributed by atoms with E-state index in [1.165, 1.54) is 0 Å². The van der Waals surface area contributed by atoms with Crippen LogP contribution in [0.25, 0.3) is 0 Å². The molecular weight excluding hydrogens is 154 g/mol. The monoisotopic (exact) mass is 171 g/mol. The highest BCUT2D eigenvalue weighted by Gasteiger charge is 2.24. The Balaban J connectivity index is 2.30. The van der Waals surface area contributed by atoms with Gasteiger partial charge >= 0.3 is 0 Å². The first kappa shape index (κ1) is 9.52. The van der Waals surface area contributed by atoms with Crippen molar-refractivity contribution < 1.29 is 9.53 Å². The molecule has 0 aromatic rings. The van der Waals surface area contributed by atoms with E-state index in [9.17, 15) is 4.79 Å². The lowest BCUT2D eigenvalue weighted by Gasteiger charge is -2.16. The molecule has 1 atom stereocenters. The summed E-state index contributed by atoms with van der Waals surface area (Å²) in [5.41, 5.74) is 0. The maximum atomic E-state index is 10.9. The molecule has 1 aliphatic heterocycles. The van der Waals surface area contributed by atoms with E-state index in [-0.39, 0.29) is 18.1 Å². The van der Waals surface area contributed by atoms with E-state index in [0.29, 0.717) is 0 Å². The van der Waals surface area contributed by atoms with Crippen molar-refractivity contribution in [3.63, 3.8) is 0 Å². The van der Waals surface area contributed by atoms with E-state index in [1.54, 1.807) is 6.92 Å². The minimum atomic E-state index is 0.157. The number of amides is 1. The summed E-state index contributed by atoms with van der Waals surface area (Å²) in [5, 5.41) is 0. The Morgan fingerprint density at radius 1 is 1.58 bits per heavy atom. The first-order chi connectivity index (χ1) is 5.59. The zero-order valence-electron chi connectivity index (χ0n) is 8.04. The summed E-state index contributed by atoms with van der Waals surface area (Å²) >= 11 is 0. The topological polar surface area (TPSA) is 29.5 Å². The average molecular weight is 171 g/mol. The molecule has 0 radical (unpaired) electrons. The number of rotatable bonds is 2. The van der Waals surface area contributed by atoms with Crippen molar-refractivity contribution in [1.82, 2.24) is 4.90 Å². The van der Waals surface area contributed by atoms with Gasteiger partial charge in [0.1, 0.15) is 0 Å². The first-order valence-electron chi connectivity index (χ1n) is 4.50. The van der Waals surface area contributed by atoms with E-state index in [2.05, 4.69) is 0 Å². The van der Waals surface area contributed by atoms with Crippen molar-refractivity contribution in [2.45, 2.75) is 39.4 Å². The number of nitrogens with zero attached hydrogens (tertiary/aromatic N) is 1. The number of hydrogen-bond donors (Lipinski definition) is 0. The largest absolute Gasteiger partial charge is 0.374 e. The molecule has 1 heterocycles. The van der Waals surface area contributed by atoms with Gasteiger partial charge in [0.25, 0.3) is 0 Å². The Kier molecular flexibility index (Phi) is 3.09. The van der Waals surface area contributed by atoms with Gasteiger partial charge in [-0.25, -0.2) is 0 Å². The van der Waals surface area contributed by atoms with Crippen LogP contribution in [0.3, 0.4) is 0 Å². The predicted molar refractivity (Wildman–Crippen MR) is 46.9 cm³/mol. The molecule has 1 saturated heterocycles. The molecule has 1 fully saturated rings. The molecule has 0 aromatic carbocycles. The van der Waals surface area contributed by atoms with Gasteiger partial charge in [-0.3, -0.25) is 4.79 Å². The van der Waals surface area contributed by atoms with Gasteiger partial charge in [-0.15, -0.1) is 0 Å². The molecule has 12 heavy (non-hydrogen) atoms. The molecule has 3 nitrogen and oxygen atoms in total. The summed E-state index contributed by atoms with van der Waals surface area (Å²) in [5.74, 6) is 0.157. The standard InChI is InChI=1S/C9H17NO2/c1-7(2)12-9-4-5-10(6-9)8(3)11/h7,9H,4-6H2,1-3H3/t9-/m1/s1. The van der Waals surface area contributed by atoms with Gasteiger partial charge in [0.05, 0.1) is 12.2 Å². The molecule has 70 valence electrons. The normalized spacial score (nSPS) is 23.7. The van der Waals surface area contributed by atoms with Gasteiger partial charge in [0.15, 0.2) is 0 Å². The third-order valence-corrected chi connectivity index (χ3v) is 2.05. The minimum Gasteiger partial charge on any atom is -0.374 e. The summed E-state index contributed by atoms with van der Waals surface area (Å²) in [7, 11) is 0. The summed E-state index contributed by atoms with van der Waals surface area (Å²) in [6.07, 6.45) is 1.51. The summed E-state index contributed by atoms with van der Waals surface area (Å²) in [6, 6.07) is 0. The number of carbonyl (C=O) groups is 1. The zero-order chi connectivity index (χ0) is 9.14. The molecule has 0 bridgehead atoms. The molecule has 1 rings (SSSR count). The Hall–Kier alpha value is -0.570. The zero-order valence-corrected chi connectivity index (χ0v) is 8.04. The van der Waals surface area contributed by atoms with Crippen LogP contribution in [0.4, 0.5) is 0 Å². The molecular formula is C9H17NO2. The lowest BCUT2D eigenvalue weighted by Crippen LogP contribution is -2.28. The fraction of sp³-hybridized carbons (Fsp3) is 0.889. The third-order valence-electron chi connectivity index (χ3n) is 2.05. The lowest BCUT2D eigenvalue weighted by molar-refractivity contribution is -0.128. The van der Waals surface area contributed by atoms with Gasteiger partial charge in [-0.1, -0.05) is 0 Å². The van der Waals surface area contributed by atoms with E-state index in [1.807, 2.05) is 18.7 Å². The molecule has 0 N–H and O–H groups in total. The number of hydrogen-bond acceptors (Lipinski definition) is 2. The van der Waals surface area contributed by atoms with E-state index < -0.39 is 0 Å². The quantitative estimate of drug-likeness (QED) is 0.621. The van der Waals surface area contributed by atoms with E-state index in [0.717, 1.165) is 19.5 Å². The molecule has 0 spiro atoms.